The van der Waals surface area contributed by atoms with Gasteiger partial charge in [-0.15, -0.1) is 0 Å². The van der Waals surface area contributed by atoms with E-state index in [9.17, 15) is 4.79 Å². The summed E-state index contributed by atoms with van der Waals surface area (Å²) in [5.74, 6) is 0.0381. The Hall–Kier alpha value is -3.35. The maximum absolute atomic E-state index is 12.8. The van der Waals surface area contributed by atoms with Gasteiger partial charge in [0.1, 0.15) is 0 Å². The highest BCUT2D eigenvalue weighted by atomic mass is 16.5. The molecule has 1 atom stereocenters. The second-order valence-electron chi connectivity index (χ2n) is 9.35. The van der Waals surface area contributed by atoms with Gasteiger partial charge in [0, 0.05) is 59.8 Å². The number of para-hydroxylation sites is 2. The fraction of sp³-hybridized carbons (Fsp3) is 0.345. The molecule has 6 nitrogen and oxygen atoms in total. The molecule has 6 rings (SSSR count). The lowest BCUT2D eigenvalue weighted by molar-refractivity contribution is 0.0237. The van der Waals surface area contributed by atoms with Gasteiger partial charge in [-0.25, -0.2) is 0 Å². The zero-order valence-electron chi connectivity index (χ0n) is 20.9. The number of hydrogen-bond acceptors (Lipinski definition) is 3. The third-order valence-corrected chi connectivity index (χ3v) is 7.10. The van der Waals surface area contributed by atoms with Crippen LogP contribution in [0.3, 0.4) is 0 Å². The molecule has 182 valence electrons. The van der Waals surface area contributed by atoms with Gasteiger partial charge in [0.15, 0.2) is 0 Å². The van der Waals surface area contributed by atoms with Crippen LogP contribution in [0.4, 0.5) is 0 Å². The van der Waals surface area contributed by atoms with Gasteiger partial charge in [0.2, 0.25) is 0 Å². The number of aliphatic hydroxyl groups is 1. The summed E-state index contributed by atoms with van der Waals surface area (Å²) in [4.78, 5) is 12.8. The average Bonchev–Trinajstić information content (AvgIpc) is 3.50. The average molecular weight is 472 g/mol. The number of nitrogens with one attached hydrogen (secondary N) is 1. The van der Waals surface area contributed by atoms with Crippen LogP contribution in [0, 0.1) is 0 Å². The summed E-state index contributed by atoms with van der Waals surface area (Å²) >= 11 is 0. The summed E-state index contributed by atoms with van der Waals surface area (Å²) in [7, 11) is 4.22. The van der Waals surface area contributed by atoms with Gasteiger partial charge in [-0.3, -0.25) is 4.79 Å². The molecule has 1 aliphatic rings. The number of unbranched alkanes of at least 4 members (excludes halogenated alkanes) is 1. The predicted octanol–water partition coefficient (Wildman–Crippen LogP) is 5.40. The normalized spacial score (nSPS) is 13.9. The molecule has 3 aromatic carbocycles. The number of aryl methyl sites for hydroxylation is 2. The SMILES string of the molecule is CCCCOC(C)CO.Cn1c2ccccc2c2c3c(c4c5ccccc5n(C)c4c21)C(=O)NC3. The molecule has 1 amide bonds. The van der Waals surface area contributed by atoms with Crippen molar-refractivity contribution >= 4 is 49.5 Å². The van der Waals surface area contributed by atoms with E-state index in [4.69, 9.17) is 9.84 Å². The van der Waals surface area contributed by atoms with Crippen molar-refractivity contribution in [3.05, 3.63) is 59.7 Å². The maximum Gasteiger partial charge on any atom is 0.252 e. The fourth-order valence-corrected chi connectivity index (χ4v) is 5.34. The fourth-order valence-electron chi connectivity index (χ4n) is 5.34. The molecule has 0 fully saturated rings. The number of aromatic nitrogens is 2. The first-order chi connectivity index (χ1) is 17.0. The zero-order valence-corrected chi connectivity index (χ0v) is 20.9. The van der Waals surface area contributed by atoms with Crippen LogP contribution in [0.25, 0.3) is 43.6 Å². The van der Waals surface area contributed by atoms with E-state index in [1.807, 2.05) is 13.0 Å². The highest BCUT2D eigenvalue weighted by Gasteiger charge is 2.30. The molecular formula is C29H33N3O3. The molecule has 0 saturated heterocycles. The number of rotatable bonds is 5. The minimum Gasteiger partial charge on any atom is -0.394 e. The summed E-state index contributed by atoms with van der Waals surface area (Å²) in [5, 5.41) is 16.2. The van der Waals surface area contributed by atoms with E-state index in [2.05, 4.69) is 77.9 Å². The number of amides is 1. The van der Waals surface area contributed by atoms with E-state index >= 15 is 0 Å². The standard InChI is InChI=1S/C22H17N3O.C7H16O2/c1-24-15-9-5-3-7-12(15)17-14-11-23-22(26)19(14)18-13-8-4-6-10-16(13)25(2)21(18)20(17)24;1-3-4-5-9-7(2)6-8/h3-10H,11H2,1-2H3,(H,23,26);7-8H,3-6H2,1-2H3. The van der Waals surface area contributed by atoms with Crippen molar-refractivity contribution in [2.75, 3.05) is 13.2 Å². The number of aliphatic hydroxyl groups excluding tert-OH is 1. The number of hydrogen-bond donors (Lipinski definition) is 2. The van der Waals surface area contributed by atoms with Crippen molar-refractivity contribution in [3.63, 3.8) is 0 Å². The van der Waals surface area contributed by atoms with Crippen LogP contribution in [0.5, 0.6) is 0 Å². The number of ether oxygens (including phenoxy) is 1. The lowest BCUT2D eigenvalue weighted by Crippen LogP contribution is -2.13. The summed E-state index contributed by atoms with van der Waals surface area (Å²) in [6, 6.07) is 16.8. The third-order valence-electron chi connectivity index (χ3n) is 7.10. The lowest BCUT2D eigenvalue weighted by Gasteiger charge is -2.07. The molecule has 3 heterocycles. The summed E-state index contributed by atoms with van der Waals surface area (Å²) in [6.07, 6.45) is 2.25. The number of benzene rings is 3. The van der Waals surface area contributed by atoms with Crippen LogP contribution in [0.1, 0.15) is 42.6 Å². The molecule has 35 heavy (non-hydrogen) atoms. The van der Waals surface area contributed by atoms with Crippen molar-refractivity contribution < 1.29 is 14.6 Å². The molecule has 1 unspecified atom stereocenters. The Morgan fingerprint density at radius 2 is 1.54 bits per heavy atom. The highest BCUT2D eigenvalue weighted by molar-refractivity contribution is 6.30. The van der Waals surface area contributed by atoms with E-state index in [1.54, 1.807) is 0 Å². The van der Waals surface area contributed by atoms with Crippen LogP contribution in [-0.2, 0) is 25.4 Å². The van der Waals surface area contributed by atoms with Gasteiger partial charge in [0.05, 0.1) is 29.3 Å². The van der Waals surface area contributed by atoms with Gasteiger partial charge < -0.3 is 24.3 Å². The number of fused-ring (bicyclic) bond motifs is 10. The Morgan fingerprint density at radius 3 is 2.14 bits per heavy atom. The summed E-state index contributed by atoms with van der Waals surface area (Å²) < 4.78 is 9.69. The van der Waals surface area contributed by atoms with E-state index < -0.39 is 0 Å². The van der Waals surface area contributed by atoms with Crippen molar-refractivity contribution in [2.45, 2.75) is 39.3 Å². The topological polar surface area (TPSA) is 68.4 Å². The molecule has 1 aliphatic heterocycles. The quantitative estimate of drug-likeness (QED) is 0.337. The molecule has 0 spiro atoms. The van der Waals surface area contributed by atoms with Gasteiger partial charge in [-0.05, 0) is 31.0 Å². The minimum absolute atomic E-state index is 0.0107. The Labute approximate surface area is 205 Å². The highest BCUT2D eigenvalue weighted by Crippen LogP contribution is 2.43. The third kappa shape index (κ3) is 3.68. The second-order valence-corrected chi connectivity index (χ2v) is 9.35. The van der Waals surface area contributed by atoms with Crippen LogP contribution < -0.4 is 5.32 Å². The Bertz CT molecular complexity index is 1560. The van der Waals surface area contributed by atoms with Crippen LogP contribution in [0.2, 0.25) is 0 Å². The molecular weight excluding hydrogens is 438 g/mol. The Kier molecular flexibility index (Phi) is 6.26. The minimum atomic E-state index is 0.0107. The molecule has 6 heteroatoms. The van der Waals surface area contributed by atoms with Crippen molar-refractivity contribution in [1.82, 2.24) is 14.5 Å². The number of nitrogens with zero attached hydrogens (tertiary/aromatic N) is 2. The number of carbonyl (C=O) groups is 1. The summed E-state index contributed by atoms with van der Waals surface area (Å²) in [6.45, 7) is 5.49. The maximum atomic E-state index is 12.8. The smallest absolute Gasteiger partial charge is 0.252 e. The first kappa shape index (κ1) is 23.4. The van der Waals surface area contributed by atoms with Crippen LogP contribution in [0.15, 0.2) is 48.5 Å². The molecule has 0 radical (unpaired) electrons. The Morgan fingerprint density at radius 1 is 0.971 bits per heavy atom. The van der Waals surface area contributed by atoms with E-state index in [1.165, 1.54) is 21.8 Å². The summed E-state index contributed by atoms with van der Waals surface area (Å²) in [5.41, 5.74) is 6.67. The molecule has 0 saturated carbocycles. The first-order valence-corrected chi connectivity index (χ1v) is 12.4. The van der Waals surface area contributed by atoms with Crippen molar-refractivity contribution in [1.29, 1.82) is 0 Å². The lowest BCUT2D eigenvalue weighted by atomic mass is 9.97. The Balaban J connectivity index is 0.000000244. The van der Waals surface area contributed by atoms with Crippen LogP contribution >= 0.6 is 0 Å². The van der Waals surface area contributed by atoms with Gasteiger partial charge >= 0.3 is 0 Å². The van der Waals surface area contributed by atoms with Gasteiger partial charge in [-0.2, -0.15) is 0 Å². The van der Waals surface area contributed by atoms with Gasteiger partial charge in [0.25, 0.3) is 5.91 Å². The monoisotopic (exact) mass is 471 g/mol. The van der Waals surface area contributed by atoms with E-state index in [-0.39, 0.29) is 18.6 Å². The second kappa shape index (κ2) is 9.36. The molecule has 2 aromatic heterocycles. The van der Waals surface area contributed by atoms with Gasteiger partial charge in [-0.1, -0.05) is 49.7 Å². The molecule has 0 bridgehead atoms. The molecule has 0 aliphatic carbocycles. The largest absolute Gasteiger partial charge is 0.394 e. The molecule has 2 N–H and O–H groups in total. The van der Waals surface area contributed by atoms with E-state index in [0.29, 0.717) is 6.54 Å². The molecule has 5 aromatic rings. The number of carbonyl (C=O) groups excluding carboxylic acids is 1. The van der Waals surface area contributed by atoms with Crippen molar-refractivity contribution in [2.24, 2.45) is 14.1 Å². The van der Waals surface area contributed by atoms with Crippen LogP contribution in [-0.4, -0.2) is 39.5 Å². The van der Waals surface area contributed by atoms with Crippen molar-refractivity contribution in [3.8, 4) is 0 Å². The first-order valence-electron chi connectivity index (χ1n) is 12.4. The predicted molar refractivity (Wildman–Crippen MR) is 143 cm³/mol. The van der Waals surface area contributed by atoms with E-state index in [0.717, 1.165) is 52.4 Å². The zero-order chi connectivity index (χ0) is 24.7.